The van der Waals surface area contributed by atoms with Gasteiger partial charge in [-0.1, -0.05) is 12.1 Å². The molecule has 0 unspecified atom stereocenters. The zero-order chi connectivity index (χ0) is 20.3. The molecule has 0 aliphatic carbocycles. The monoisotopic (exact) mass is 381 g/mol. The summed E-state index contributed by atoms with van der Waals surface area (Å²) in [5, 5.41) is 3.54. The van der Waals surface area contributed by atoms with Crippen molar-refractivity contribution in [3.05, 3.63) is 69.1 Å². The lowest BCUT2D eigenvalue weighted by atomic mass is 10.0. The van der Waals surface area contributed by atoms with E-state index in [4.69, 9.17) is 13.9 Å². The zero-order valence-electron chi connectivity index (χ0n) is 16.4. The summed E-state index contributed by atoms with van der Waals surface area (Å²) in [6.07, 6.45) is -0.0644. The van der Waals surface area contributed by atoms with Gasteiger partial charge in [0.1, 0.15) is 17.1 Å². The molecular weight excluding hydrogens is 358 g/mol. The van der Waals surface area contributed by atoms with E-state index in [1.54, 1.807) is 20.3 Å². The minimum absolute atomic E-state index is 0.0644. The summed E-state index contributed by atoms with van der Waals surface area (Å²) in [7, 11) is 3.16. The second-order valence-corrected chi connectivity index (χ2v) is 6.64. The van der Waals surface area contributed by atoms with Gasteiger partial charge >= 0.3 is 5.63 Å². The number of ether oxygens (including phenoxy) is 2. The van der Waals surface area contributed by atoms with Crippen molar-refractivity contribution in [2.45, 2.75) is 26.8 Å². The van der Waals surface area contributed by atoms with Crippen molar-refractivity contribution in [2.75, 3.05) is 14.2 Å². The van der Waals surface area contributed by atoms with Crippen molar-refractivity contribution < 1.29 is 18.7 Å². The molecule has 0 spiro atoms. The molecule has 2 aromatic carbocycles. The summed E-state index contributed by atoms with van der Waals surface area (Å²) in [5.41, 5.74) is 2.81. The largest absolute Gasteiger partial charge is 0.497 e. The van der Waals surface area contributed by atoms with E-state index in [-0.39, 0.29) is 12.3 Å². The fraction of sp³-hybridized carbons (Fsp3) is 0.273. The predicted molar refractivity (Wildman–Crippen MR) is 107 cm³/mol. The van der Waals surface area contributed by atoms with E-state index in [2.05, 4.69) is 5.32 Å². The van der Waals surface area contributed by atoms with Gasteiger partial charge in [0.05, 0.1) is 31.6 Å². The van der Waals surface area contributed by atoms with Crippen LogP contribution in [0.1, 0.15) is 22.3 Å². The molecule has 0 aliphatic heterocycles. The zero-order valence-corrected chi connectivity index (χ0v) is 16.4. The third-order valence-electron chi connectivity index (χ3n) is 4.67. The molecule has 6 heteroatoms. The number of carbonyl (C=O) groups is 1. The Morgan fingerprint density at radius 1 is 1.11 bits per heavy atom. The number of fused-ring (bicyclic) bond motifs is 1. The van der Waals surface area contributed by atoms with Crippen LogP contribution in [-0.2, 0) is 17.8 Å². The van der Waals surface area contributed by atoms with Crippen LogP contribution in [0.4, 0.5) is 0 Å². The van der Waals surface area contributed by atoms with Crippen molar-refractivity contribution in [1.82, 2.24) is 5.32 Å². The first-order valence-corrected chi connectivity index (χ1v) is 8.93. The van der Waals surface area contributed by atoms with Crippen LogP contribution in [0.25, 0.3) is 11.0 Å². The van der Waals surface area contributed by atoms with E-state index >= 15 is 0 Å². The minimum Gasteiger partial charge on any atom is -0.497 e. The number of carbonyl (C=O) groups excluding carboxylic acids is 1. The number of hydrogen-bond donors (Lipinski definition) is 1. The van der Waals surface area contributed by atoms with Crippen molar-refractivity contribution in [3.63, 3.8) is 0 Å². The first kappa shape index (κ1) is 19.5. The van der Waals surface area contributed by atoms with Crippen LogP contribution in [0.2, 0.25) is 0 Å². The lowest BCUT2D eigenvalue weighted by molar-refractivity contribution is -0.120. The molecule has 1 amide bonds. The highest BCUT2D eigenvalue weighted by atomic mass is 16.5. The first-order chi connectivity index (χ1) is 13.4. The van der Waals surface area contributed by atoms with Crippen molar-refractivity contribution in [2.24, 2.45) is 0 Å². The van der Waals surface area contributed by atoms with Gasteiger partial charge in [-0.05, 0) is 54.8 Å². The third kappa shape index (κ3) is 4.01. The van der Waals surface area contributed by atoms with E-state index < -0.39 is 5.63 Å². The van der Waals surface area contributed by atoms with Crippen molar-refractivity contribution in [1.29, 1.82) is 0 Å². The molecular formula is C22H23NO5. The number of aryl methyl sites for hydroxylation is 2. The van der Waals surface area contributed by atoms with Gasteiger partial charge in [0.25, 0.3) is 0 Å². The van der Waals surface area contributed by atoms with E-state index in [0.29, 0.717) is 34.4 Å². The molecule has 3 aromatic rings. The number of amides is 1. The average Bonchev–Trinajstić information content (AvgIpc) is 2.68. The smallest absolute Gasteiger partial charge is 0.340 e. The van der Waals surface area contributed by atoms with Crippen LogP contribution in [-0.4, -0.2) is 20.1 Å². The predicted octanol–water partition coefficient (Wildman–Crippen LogP) is 3.29. The van der Waals surface area contributed by atoms with Gasteiger partial charge in [-0.2, -0.15) is 0 Å². The Hall–Kier alpha value is -3.28. The highest BCUT2D eigenvalue weighted by molar-refractivity contribution is 5.89. The number of methoxy groups -OCH3 is 2. The average molecular weight is 381 g/mol. The van der Waals surface area contributed by atoms with Crippen molar-refractivity contribution in [3.8, 4) is 11.5 Å². The lowest BCUT2D eigenvalue weighted by Crippen LogP contribution is -2.27. The molecule has 0 bridgehead atoms. The summed E-state index contributed by atoms with van der Waals surface area (Å²) >= 11 is 0. The second kappa shape index (κ2) is 8.17. The SMILES string of the molecule is COc1cccc(CNC(=O)Cc2c(C)c3c(OC)cc(C)cc3oc2=O)c1. The van der Waals surface area contributed by atoms with Crippen LogP contribution in [0.15, 0.2) is 45.6 Å². The summed E-state index contributed by atoms with van der Waals surface area (Å²) in [4.78, 5) is 24.9. The molecule has 0 saturated carbocycles. The van der Waals surface area contributed by atoms with E-state index in [0.717, 1.165) is 16.9 Å². The highest BCUT2D eigenvalue weighted by Gasteiger charge is 2.18. The summed E-state index contributed by atoms with van der Waals surface area (Å²) in [6.45, 7) is 4.05. The Balaban J connectivity index is 1.84. The molecule has 28 heavy (non-hydrogen) atoms. The molecule has 0 radical (unpaired) electrons. The highest BCUT2D eigenvalue weighted by Crippen LogP contribution is 2.30. The molecule has 3 rings (SSSR count). The Labute approximate surface area is 163 Å². The first-order valence-electron chi connectivity index (χ1n) is 8.93. The Morgan fingerprint density at radius 2 is 1.89 bits per heavy atom. The van der Waals surface area contributed by atoms with Crippen LogP contribution in [0.3, 0.4) is 0 Å². The molecule has 1 aromatic heterocycles. The number of rotatable bonds is 6. The summed E-state index contributed by atoms with van der Waals surface area (Å²) in [6, 6.07) is 11.1. The topological polar surface area (TPSA) is 77.8 Å². The molecule has 0 aliphatic rings. The summed E-state index contributed by atoms with van der Waals surface area (Å²) < 4.78 is 16.1. The maximum atomic E-state index is 12.5. The minimum atomic E-state index is -0.505. The third-order valence-corrected chi connectivity index (χ3v) is 4.67. The Kier molecular flexibility index (Phi) is 5.68. The lowest BCUT2D eigenvalue weighted by Gasteiger charge is -2.12. The molecule has 6 nitrogen and oxygen atoms in total. The summed E-state index contributed by atoms with van der Waals surface area (Å²) in [5.74, 6) is 1.08. The molecule has 0 fully saturated rings. The van der Waals surface area contributed by atoms with Gasteiger partial charge in [0.2, 0.25) is 5.91 Å². The van der Waals surface area contributed by atoms with Gasteiger partial charge in [-0.25, -0.2) is 4.79 Å². The number of hydrogen-bond acceptors (Lipinski definition) is 5. The maximum Gasteiger partial charge on any atom is 0.340 e. The van der Waals surface area contributed by atoms with E-state index in [9.17, 15) is 9.59 Å². The number of benzene rings is 2. The van der Waals surface area contributed by atoms with Crippen LogP contribution >= 0.6 is 0 Å². The normalized spacial score (nSPS) is 10.7. The molecule has 1 heterocycles. The van der Waals surface area contributed by atoms with Crippen LogP contribution < -0.4 is 20.4 Å². The maximum absolute atomic E-state index is 12.5. The molecule has 0 atom stereocenters. The Bertz CT molecular complexity index is 1080. The fourth-order valence-electron chi connectivity index (χ4n) is 3.21. The van der Waals surface area contributed by atoms with Gasteiger partial charge in [-0.3, -0.25) is 4.79 Å². The van der Waals surface area contributed by atoms with E-state index in [1.807, 2.05) is 44.2 Å². The van der Waals surface area contributed by atoms with Crippen molar-refractivity contribution >= 4 is 16.9 Å². The van der Waals surface area contributed by atoms with Gasteiger partial charge in [-0.15, -0.1) is 0 Å². The van der Waals surface area contributed by atoms with Gasteiger partial charge in [0, 0.05) is 6.54 Å². The number of nitrogens with one attached hydrogen (secondary N) is 1. The Morgan fingerprint density at radius 3 is 2.61 bits per heavy atom. The standard InChI is InChI=1S/C22H23NO5/c1-13-8-18(27-4)21-14(2)17(22(25)28-19(21)9-13)11-20(24)23-12-15-6-5-7-16(10-15)26-3/h5-10H,11-12H2,1-4H3,(H,23,24). The molecule has 146 valence electrons. The quantitative estimate of drug-likeness (QED) is 0.663. The van der Waals surface area contributed by atoms with Crippen LogP contribution in [0.5, 0.6) is 11.5 Å². The molecule has 1 N–H and O–H groups in total. The fourth-order valence-corrected chi connectivity index (χ4v) is 3.21. The van der Waals surface area contributed by atoms with Gasteiger partial charge in [0.15, 0.2) is 0 Å². The van der Waals surface area contributed by atoms with E-state index in [1.165, 1.54) is 0 Å². The second-order valence-electron chi connectivity index (χ2n) is 6.64. The van der Waals surface area contributed by atoms with Gasteiger partial charge < -0.3 is 19.2 Å². The molecule has 0 saturated heterocycles. The van der Waals surface area contributed by atoms with Crippen LogP contribution in [0, 0.1) is 13.8 Å².